The summed E-state index contributed by atoms with van der Waals surface area (Å²) in [4.78, 5) is 0. The third-order valence-corrected chi connectivity index (χ3v) is 16.6. The maximum Gasteiger partial charge on any atom is 0.179 e. The van der Waals surface area contributed by atoms with Crippen molar-refractivity contribution < 1.29 is 0 Å². The molecule has 2 heterocycles. The minimum Gasteiger partial charge on any atom is -0.307 e. The van der Waals surface area contributed by atoms with E-state index >= 15 is 0 Å². The van der Waals surface area contributed by atoms with E-state index in [4.69, 9.17) is 0 Å². The topological polar surface area (TPSA) is 9.86 Å². The van der Waals surface area contributed by atoms with Gasteiger partial charge in [-0.3, -0.25) is 0 Å². The highest BCUT2D eigenvalue weighted by Crippen LogP contribution is 2.41. The van der Waals surface area contributed by atoms with Crippen LogP contribution in [0.15, 0.2) is 231 Å². The molecule has 57 heavy (non-hydrogen) atoms. The fraction of sp³-hybridized carbons (Fsp3) is 0. The average Bonchev–Trinajstić information content (AvgIpc) is 3.81. The van der Waals surface area contributed by atoms with Gasteiger partial charge in [0.15, 0.2) is 8.07 Å². The van der Waals surface area contributed by atoms with Gasteiger partial charge in [0, 0.05) is 27.1 Å². The molecule has 11 aromatic rings. The van der Waals surface area contributed by atoms with E-state index in [1.54, 1.807) is 0 Å². The minimum atomic E-state index is -2.80. The molecule has 0 saturated heterocycles. The first kappa shape index (κ1) is 33.2. The molecule has 11 rings (SSSR count). The van der Waals surface area contributed by atoms with Crippen molar-refractivity contribution in [1.82, 2.24) is 9.13 Å². The molecule has 2 aromatic heterocycles. The predicted molar refractivity (Wildman–Crippen MR) is 244 cm³/mol. The van der Waals surface area contributed by atoms with Gasteiger partial charge in [0.1, 0.15) is 0 Å². The Morgan fingerprint density at radius 2 is 0.737 bits per heavy atom. The highest BCUT2D eigenvalue weighted by molar-refractivity contribution is 7.20. The van der Waals surface area contributed by atoms with Gasteiger partial charge in [-0.1, -0.05) is 200 Å². The van der Waals surface area contributed by atoms with Crippen molar-refractivity contribution in [3.8, 4) is 22.5 Å². The molecule has 0 fully saturated rings. The Bertz CT molecular complexity index is 3120. The number of fused-ring (bicyclic) bond motifs is 6. The van der Waals surface area contributed by atoms with Crippen LogP contribution in [-0.2, 0) is 0 Å². The lowest BCUT2D eigenvalue weighted by Crippen LogP contribution is -2.74. The standard InChI is InChI=1S/C54H38N2Si/c1-5-20-39(21-6-1)44-28-13-16-32-49(44)56-51-34-18-15-30-46(51)48-31-19-35-52(54(48)56)55-50-33-17-14-29-45(50)47-37-36-43(38-53(47)55)57(40-22-7-2-8-23-40,41-24-9-3-10-25-41)42-26-11-4-12-27-42/h1-38H. The second-order valence-electron chi connectivity index (χ2n) is 14.8. The zero-order chi connectivity index (χ0) is 37.8. The number of nitrogens with zero attached hydrogens (tertiary/aromatic N) is 2. The Balaban J connectivity index is 1.28. The van der Waals surface area contributed by atoms with Gasteiger partial charge in [0.2, 0.25) is 0 Å². The molecule has 0 bridgehead atoms. The number of hydrogen-bond donors (Lipinski definition) is 0. The highest BCUT2D eigenvalue weighted by Gasteiger charge is 2.41. The molecule has 0 amide bonds. The molecule has 0 N–H and O–H groups in total. The number of aromatic nitrogens is 2. The number of para-hydroxylation sites is 4. The second-order valence-corrected chi connectivity index (χ2v) is 18.7. The molecule has 3 heteroatoms. The summed E-state index contributed by atoms with van der Waals surface area (Å²) in [5.74, 6) is 0. The van der Waals surface area contributed by atoms with E-state index in [1.165, 1.54) is 75.5 Å². The quantitative estimate of drug-likeness (QED) is 0.114. The molecule has 0 radical (unpaired) electrons. The predicted octanol–water partition coefficient (Wildman–Crippen LogP) is 10.9. The number of rotatable bonds is 7. The van der Waals surface area contributed by atoms with Crippen LogP contribution in [-0.4, -0.2) is 17.2 Å². The normalized spacial score (nSPS) is 11.9. The molecule has 0 atom stereocenters. The molecule has 0 aliphatic carbocycles. The first-order chi connectivity index (χ1) is 28.3. The minimum absolute atomic E-state index is 1.15. The van der Waals surface area contributed by atoms with E-state index in [9.17, 15) is 0 Å². The van der Waals surface area contributed by atoms with Crippen molar-refractivity contribution in [2.75, 3.05) is 0 Å². The number of hydrogen-bond acceptors (Lipinski definition) is 0. The van der Waals surface area contributed by atoms with Crippen LogP contribution in [0.2, 0.25) is 0 Å². The van der Waals surface area contributed by atoms with Gasteiger partial charge in [0.05, 0.1) is 33.4 Å². The van der Waals surface area contributed by atoms with Gasteiger partial charge < -0.3 is 9.13 Å². The van der Waals surface area contributed by atoms with E-state index in [2.05, 4.69) is 240 Å². The van der Waals surface area contributed by atoms with E-state index in [0.29, 0.717) is 0 Å². The molecule has 0 aliphatic rings. The lowest BCUT2D eigenvalue weighted by atomic mass is 10.0. The second kappa shape index (κ2) is 13.5. The Hall–Kier alpha value is -7.20. The molecule has 2 nitrogen and oxygen atoms in total. The maximum absolute atomic E-state index is 2.80. The summed E-state index contributed by atoms with van der Waals surface area (Å²) in [6.07, 6.45) is 0. The van der Waals surface area contributed by atoms with Crippen molar-refractivity contribution in [2.45, 2.75) is 0 Å². The van der Waals surface area contributed by atoms with Gasteiger partial charge >= 0.3 is 0 Å². The molecule has 0 unspecified atom stereocenters. The summed E-state index contributed by atoms with van der Waals surface area (Å²) in [6, 6.07) is 85.2. The first-order valence-electron chi connectivity index (χ1n) is 19.7. The molecular formula is C54H38N2Si. The molecule has 0 spiro atoms. The third kappa shape index (κ3) is 5.10. The van der Waals surface area contributed by atoms with E-state index in [0.717, 1.165) is 11.4 Å². The van der Waals surface area contributed by atoms with E-state index in [1.807, 2.05) is 0 Å². The van der Waals surface area contributed by atoms with Crippen LogP contribution in [0.25, 0.3) is 66.1 Å². The monoisotopic (exact) mass is 742 g/mol. The van der Waals surface area contributed by atoms with Gasteiger partial charge in [-0.2, -0.15) is 0 Å². The van der Waals surface area contributed by atoms with Crippen LogP contribution in [0.1, 0.15) is 0 Å². The van der Waals surface area contributed by atoms with Gasteiger partial charge in [-0.15, -0.1) is 0 Å². The Kier molecular flexibility index (Phi) is 7.87. The smallest absolute Gasteiger partial charge is 0.179 e. The van der Waals surface area contributed by atoms with Crippen molar-refractivity contribution in [3.05, 3.63) is 231 Å². The molecule has 268 valence electrons. The Morgan fingerprint density at radius 1 is 0.281 bits per heavy atom. The van der Waals surface area contributed by atoms with Crippen LogP contribution >= 0.6 is 0 Å². The van der Waals surface area contributed by atoms with Crippen LogP contribution in [0.5, 0.6) is 0 Å². The SMILES string of the molecule is c1ccc(-c2ccccc2-n2c3ccccc3c3cccc(-n4c5ccccc5c5ccc([Si](c6ccccc6)(c6ccccc6)c6ccccc6)cc54)c32)cc1. The third-order valence-electron chi connectivity index (χ3n) is 11.9. The Labute approximate surface area is 333 Å². The fourth-order valence-electron chi connectivity index (χ4n) is 9.49. The van der Waals surface area contributed by atoms with Crippen LogP contribution in [0, 0.1) is 0 Å². The zero-order valence-electron chi connectivity index (χ0n) is 31.3. The lowest BCUT2D eigenvalue weighted by Gasteiger charge is -2.34. The Morgan fingerprint density at radius 3 is 1.37 bits per heavy atom. The van der Waals surface area contributed by atoms with Crippen LogP contribution < -0.4 is 20.7 Å². The molecule has 0 aliphatic heterocycles. The van der Waals surface area contributed by atoms with E-state index < -0.39 is 8.07 Å². The molecular weight excluding hydrogens is 705 g/mol. The van der Waals surface area contributed by atoms with Crippen molar-refractivity contribution >= 4 is 72.4 Å². The lowest BCUT2D eigenvalue weighted by molar-refractivity contribution is 1.13. The van der Waals surface area contributed by atoms with Crippen LogP contribution in [0.4, 0.5) is 0 Å². The molecule has 0 saturated carbocycles. The summed E-state index contributed by atoms with van der Waals surface area (Å²) in [5.41, 5.74) is 9.48. The largest absolute Gasteiger partial charge is 0.307 e. The fourth-order valence-corrected chi connectivity index (χ4v) is 14.3. The maximum atomic E-state index is 2.54. The summed E-state index contributed by atoms with van der Waals surface area (Å²) >= 11 is 0. The average molecular weight is 743 g/mol. The summed E-state index contributed by atoms with van der Waals surface area (Å²) in [5, 5.41) is 10.4. The van der Waals surface area contributed by atoms with Crippen molar-refractivity contribution in [3.63, 3.8) is 0 Å². The van der Waals surface area contributed by atoms with Gasteiger partial charge in [-0.25, -0.2) is 0 Å². The number of benzene rings is 9. The summed E-state index contributed by atoms with van der Waals surface area (Å²) in [6.45, 7) is 0. The first-order valence-corrected chi connectivity index (χ1v) is 21.7. The van der Waals surface area contributed by atoms with Gasteiger partial charge in [-0.05, 0) is 56.6 Å². The van der Waals surface area contributed by atoms with E-state index in [-0.39, 0.29) is 0 Å². The zero-order valence-corrected chi connectivity index (χ0v) is 32.3. The van der Waals surface area contributed by atoms with Crippen LogP contribution in [0.3, 0.4) is 0 Å². The summed E-state index contributed by atoms with van der Waals surface area (Å²) in [7, 11) is -2.80. The highest BCUT2D eigenvalue weighted by atomic mass is 28.3. The van der Waals surface area contributed by atoms with Gasteiger partial charge in [0.25, 0.3) is 0 Å². The molecule has 9 aromatic carbocycles. The van der Waals surface area contributed by atoms with Crippen molar-refractivity contribution in [1.29, 1.82) is 0 Å². The summed E-state index contributed by atoms with van der Waals surface area (Å²) < 4.78 is 5.04. The van der Waals surface area contributed by atoms with Crippen molar-refractivity contribution in [2.24, 2.45) is 0 Å².